The number of amides is 1. The molecule has 6 heteroatoms. The van der Waals surface area contributed by atoms with Gasteiger partial charge in [-0.25, -0.2) is 0 Å². The monoisotopic (exact) mass is 331 g/mol. The Hall–Kier alpha value is -0.520. The van der Waals surface area contributed by atoms with Gasteiger partial charge in [0, 0.05) is 29.6 Å². The SMILES string of the molecule is Cc1cc(Cl)ccc1O[C@@H](C)C(=O)N1CCSSCC1. The van der Waals surface area contributed by atoms with E-state index in [0.29, 0.717) is 10.8 Å². The fourth-order valence-corrected chi connectivity index (χ4v) is 4.19. The molecular formula is C14H18ClNO2S2. The molecule has 2 rings (SSSR count). The second kappa shape index (κ2) is 7.48. The van der Waals surface area contributed by atoms with Crippen molar-refractivity contribution in [2.45, 2.75) is 20.0 Å². The van der Waals surface area contributed by atoms with E-state index in [9.17, 15) is 4.79 Å². The first kappa shape index (κ1) is 15.9. The Labute approximate surface area is 132 Å². The minimum Gasteiger partial charge on any atom is -0.481 e. The topological polar surface area (TPSA) is 29.5 Å². The van der Waals surface area contributed by atoms with Crippen LogP contribution >= 0.6 is 33.2 Å². The highest BCUT2D eigenvalue weighted by atomic mass is 35.5. The van der Waals surface area contributed by atoms with Gasteiger partial charge in [-0.05, 0) is 37.6 Å². The second-order valence-corrected chi connectivity index (χ2v) is 7.78. The molecule has 1 aromatic carbocycles. The van der Waals surface area contributed by atoms with Crippen LogP contribution in [0.4, 0.5) is 0 Å². The highest BCUT2D eigenvalue weighted by Gasteiger charge is 2.23. The average Bonchev–Trinajstić information content (AvgIpc) is 2.70. The average molecular weight is 332 g/mol. The highest BCUT2D eigenvalue weighted by molar-refractivity contribution is 8.76. The van der Waals surface area contributed by atoms with E-state index in [1.54, 1.807) is 6.07 Å². The number of aryl methyl sites for hydroxylation is 1. The predicted octanol–water partition coefficient (Wildman–Crippen LogP) is 3.64. The molecule has 110 valence electrons. The van der Waals surface area contributed by atoms with E-state index in [-0.39, 0.29) is 5.91 Å². The van der Waals surface area contributed by atoms with Crippen LogP contribution in [0.5, 0.6) is 5.75 Å². The fraction of sp³-hybridized carbons (Fsp3) is 0.500. The number of hydrogen-bond acceptors (Lipinski definition) is 4. The van der Waals surface area contributed by atoms with Crippen LogP contribution in [0.25, 0.3) is 0 Å². The molecule has 20 heavy (non-hydrogen) atoms. The molecule has 1 heterocycles. The normalized spacial score (nSPS) is 17.4. The zero-order chi connectivity index (χ0) is 14.5. The number of halogens is 1. The van der Waals surface area contributed by atoms with E-state index in [4.69, 9.17) is 16.3 Å². The largest absolute Gasteiger partial charge is 0.481 e. The van der Waals surface area contributed by atoms with Crippen LogP contribution in [-0.2, 0) is 4.79 Å². The molecule has 0 spiro atoms. The summed E-state index contributed by atoms with van der Waals surface area (Å²) in [5, 5.41) is 0.676. The van der Waals surface area contributed by atoms with Crippen molar-refractivity contribution in [2.24, 2.45) is 0 Å². The third-order valence-corrected chi connectivity index (χ3v) is 5.67. The zero-order valence-corrected chi connectivity index (χ0v) is 14.0. The maximum Gasteiger partial charge on any atom is 0.263 e. The molecule has 1 aliphatic rings. The van der Waals surface area contributed by atoms with Crippen molar-refractivity contribution in [3.63, 3.8) is 0 Å². The first-order valence-corrected chi connectivity index (χ1v) is 9.40. The van der Waals surface area contributed by atoms with Crippen molar-refractivity contribution >= 4 is 39.1 Å². The van der Waals surface area contributed by atoms with E-state index in [2.05, 4.69) is 0 Å². The summed E-state index contributed by atoms with van der Waals surface area (Å²) in [5.74, 6) is 2.72. The van der Waals surface area contributed by atoms with E-state index >= 15 is 0 Å². The Morgan fingerprint density at radius 3 is 2.60 bits per heavy atom. The Bertz CT molecular complexity index is 476. The smallest absolute Gasteiger partial charge is 0.263 e. The molecule has 0 bridgehead atoms. The second-order valence-electron chi connectivity index (χ2n) is 4.64. The summed E-state index contributed by atoms with van der Waals surface area (Å²) in [6, 6.07) is 5.43. The van der Waals surface area contributed by atoms with Crippen molar-refractivity contribution in [3.8, 4) is 5.75 Å². The summed E-state index contributed by atoms with van der Waals surface area (Å²) < 4.78 is 5.79. The Morgan fingerprint density at radius 2 is 2.00 bits per heavy atom. The van der Waals surface area contributed by atoms with E-state index in [0.717, 1.165) is 30.2 Å². The maximum atomic E-state index is 12.4. The van der Waals surface area contributed by atoms with Crippen molar-refractivity contribution in [1.29, 1.82) is 0 Å². The molecule has 1 amide bonds. The molecule has 0 aliphatic carbocycles. The van der Waals surface area contributed by atoms with E-state index < -0.39 is 6.10 Å². The van der Waals surface area contributed by atoms with Crippen molar-refractivity contribution in [3.05, 3.63) is 28.8 Å². The van der Waals surface area contributed by atoms with Gasteiger partial charge >= 0.3 is 0 Å². The maximum absolute atomic E-state index is 12.4. The quantitative estimate of drug-likeness (QED) is 0.791. The van der Waals surface area contributed by atoms with Gasteiger partial charge in [-0.1, -0.05) is 33.2 Å². The first-order chi connectivity index (χ1) is 9.58. The van der Waals surface area contributed by atoms with Gasteiger partial charge in [-0.15, -0.1) is 0 Å². The van der Waals surface area contributed by atoms with Crippen molar-refractivity contribution in [1.82, 2.24) is 4.90 Å². The van der Waals surface area contributed by atoms with Crippen LogP contribution in [0.3, 0.4) is 0 Å². The van der Waals surface area contributed by atoms with Gasteiger partial charge in [0.1, 0.15) is 5.75 Å². The molecule has 3 nitrogen and oxygen atoms in total. The molecule has 1 aliphatic heterocycles. The van der Waals surface area contributed by atoms with Gasteiger partial charge in [-0.2, -0.15) is 0 Å². The molecule has 0 radical (unpaired) electrons. The van der Waals surface area contributed by atoms with Gasteiger partial charge in [0.2, 0.25) is 0 Å². The summed E-state index contributed by atoms with van der Waals surface area (Å²) >= 11 is 5.92. The van der Waals surface area contributed by atoms with Gasteiger partial charge in [-0.3, -0.25) is 4.79 Å². The molecular weight excluding hydrogens is 314 g/mol. The van der Waals surface area contributed by atoms with E-state index in [1.807, 2.05) is 52.5 Å². The summed E-state index contributed by atoms with van der Waals surface area (Å²) in [5.41, 5.74) is 0.944. The number of carbonyl (C=O) groups excluding carboxylic acids is 1. The van der Waals surface area contributed by atoms with Gasteiger partial charge < -0.3 is 9.64 Å². The zero-order valence-electron chi connectivity index (χ0n) is 11.6. The molecule has 1 saturated heterocycles. The lowest BCUT2D eigenvalue weighted by molar-refractivity contribution is -0.137. The third-order valence-electron chi connectivity index (χ3n) is 3.07. The van der Waals surface area contributed by atoms with Crippen LogP contribution in [0, 0.1) is 6.92 Å². The lowest BCUT2D eigenvalue weighted by atomic mass is 10.2. The minimum atomic E-state index is -0.469. The highest BCUT2D eigenvalue weighted by Crippen LogP contribution is 2.25. The molecule has 0 saturated carbocycles. The van der Waals surface area contributed by atoms with Gasteiger partial charge in [0.15, 0.2) is 6.10 Å². The lowest BCUT2D eigenvalue weighted by Crippen LogP contribution is -2.42. The van der Waals surface area contributed by atoms with Crippen molar-refractivity contribution < 1.29 is 9.53 Å². The lowest BCUT2D eigenvalue weighted by Gasteiger charge is -2.24. The van der Waals surface area contributed by atoms with Crippen LogP contribution < -0.4 is 4.74 Å². The number of benzene rings is 1. The Morgan fingerprint density at radius 1 is 1.35 bits per heavy atom. The summed E-state index contributed by atoms with van der Waals surface area (Å²) in [6.07, 6.45) is -0.469. The predicted molar refractivity (Wildman–Crippen MR) is 87.8 cm³/mol. The number of rotatable bonds is 3. The standard InChI is InChI=1S/C14H18ClNO2S2/c1-10-9-12(15)3-4-13(10)18-11(2)14(17)16-5-7-19-20-8-6-16/h3-4,9,11H,5-8H2,1-2H3/t11-/m0/s1. The van der Waals surface area contributed by atoms with Crippen LogP contribution in [0.15, 0.2) is 18.2 Å². The number of nitrogens with zero attached hydrogens (tertiary/aromatic N) is 1. The van der Waals surface area contributed by atoms with Crippen LogP contribution in [-0.4, -0.2) is 41.5 Å². The third kappa shape index (κ3) is 4.24. The van der Waals surface area contributed by atoms with Crippen LogP contribution in [0.1, 0.15) is 12.5 Å². The summed E-state index contributed by atoms with van der Waals surface area (Å²) in [4.78, 5) is 14.3. The summed E-state index contributed by atoms with van der Waals surface area (Å²) in [7, 11) is 3.65. The molecule has 0 unspecified atom stereocenters. The molecule has 1 fully saturated rings. The fourth-order valence-electron chi connectivity index (χ4n) is 1.99. The molecule has 1 atom stereocenters. The Balaban J connectivity index is 1.99. The molecule has 0 N–H and O–H groups in total. The van der Waals surface area contributed by atoms with Gasteiger partial charge in [0.05, 0.1) is 0 Å². The number of ether oxygens (including phenoxy) is 1. The Kier molecular flexibility index (Phi) is 5.93. The molecule has 1 aromatic rings. The van der Waals surface area contributed by atoms with E-state index in [1.165, 1.54) is 0 Å². The number of hydrogen-bond donors (Lipinski definition) is 0. The van der Waals surface area contributed by atoms with Crippen LogP contribution in [0.2, 0.25) is 5.02 Å². The first-order valence-electron chi connectivity index (χ1n) is 6.54. The number of carbonyl (C=O) groups is 1. The minimum absolute atomic E-state index is 0.0578. The summed E-state index contributed by atoms with van der Waals surface area (Å²) in [6.45, 7) is 5.33. The van der Waals surface area contributed by atoms with Gasteiger partial charge in [0.25, 0.3) is 5.91 Å². The van der Waals surface area contributed by atoms with Crippen molar-refractivity contribution in [2.75, 3.05) is 24.6 Å². The molecule has 0 aromatic heterocycles.